The van der Waals surface area contributed by atoms with Crippen LogP contribution < -0.4 is 10.2 Å². The molecule has 0 saturated carbocycles. The Kier molecular flexibility index (Phi) is 3.56. The average Bonchev–Trinajstić information content (AvgIpc) is 2.17. The fourth-order valence-corrected chi connectivity index (χ4v) is 1.62. The van der Waals surface area contributed by atoms with Gasteiger partial charge in [0, 0.05) is 18.4 Å². The molecule has 1 N–H and O–H groups in total. The zero-order chi connectivity index (χ0) is 11.4. The monoisotopic (exact) mass is 202 g/mol. The average molecular weight is 202 g/mol. The van der Waals surface area contributed by atoms with Gasteiger partial charge in [-0.05, 0) is 26.0 Å². The van der Waals surface area contributed by atoms with E-state index >= 15 is 0 Å². The van der Waals surface area contributed by atoms with Crippen molar-refractivity contribution in [1.29, 1.82) is 0 Å². The third-order valence-electron chi connectivity index (χ3n) is 2.18. The van der Waals surface area contributed by atoms with E-state index < -0.39 is 0 Å². The van der Waals surface area contributed by atoms with E-state index in [1.54, 1.807) is 0 Å². The van der Waals surface area contributed by atoms with Crippen molar-refractivity contribution in [2.24, 2.45) is 0 Å². The van der Waals surface area contributed by atoms with Gasteiger partial charge in [0.05, 0.1) is 11.4 Å². The van der Waals surface area contributed by atoms with Crippen LogP contribution in [-0.2, 0) is 0 Å². The third kappa shape index (κ3) is 2.40. The van der Waals surface area contributed by atoms with Crippen LogP contribution in [-0.4, -0.2) is 7.05 Å². The minimum absolute atomic E-state index is 0.963. The van der Waals surface area contributed by atoms with Gasteiger partial charge in [-0.15, -0.1) is 0 Å². The summed E-state index contributed by atoms with van der Waals surface area (Å²) in [6.07, 6.45) is 0. The second-order valence-electron chi connectivity index (χ2n) is 3.57. The number of benzene rings is 1. The highest BCUT2D eigenvalue weighted by Crippen LogP contribution is 2.30. The smallest absolute Gasteiger partial charge is 0.0686 e. The number of allylic oxidation sites excluding steroid dienone is 2. The van der Waals surface area contributed by atoms with Crippen LogP contribution in [0.15, 0.2) is 48.8 Å². The van der Waals surface area contributed by atoms with Crippen molar-refractivity contribution in [2.45, 2.75) is 13.8 Å². The molecule has 0 aliphatic carbocycles. The van der Waals surface area contributed by atoms with Crippen LogP contribution in [0.4, 0.5) is 11.4 Å². The van der Waals surface area contributed by atoms with E-state index in [0.29, 0.717) is 0 Å². The molecule has 15 heavy (non-hydrogen) atoms. The summed E-state index contributed by atoms with van der Waals surface area (Å²) in [7, 11) is 1.91. The summed E-state index contributed by atoms with van der Waals surface area (Å²) in [4.78, 5) is 2.03. The molecule has 0 amide bonds. The number of para-hydroxylation sites is 2. The quantitative estimate of drug-likeness (QED) is 0.802. The Bertz CT molecular complexity index is 366. The highest BCUT2D eigenvalue weighted by Gasteiger charge is 2.10. The first-order chi connectivity index (χ1) is 7.07. The largest absolute Gasteiger partial charge is 0.386 e. The zero-order valence-corrected chi connectivity index (χ0v) is 9.67. The molecule has 80 valence electrons. The molecule has 0 fully saturated rings. The first kappa shape index (κ1) is 11.4. The minimum atomic E-state index is 0.963. The van der Waals surface area contributed by atoms with Crippen molar-refractivity contribution in [3.05, 3.63) is 48.8 Å². The molecule has 0 heterocycles. The summed E-state index contributed by atoms with van der Waals surface area (Å²) in [5.41, 5.74) is 4.08. The van der Waals surface area contributed by atoms with Crippen LogP contribution in [0, 0.1) is 0 Å². The van der Waals surface area contributed by atoms with Crippen LogP contribution >= 0.6 is 0 Å². The summed E-state index contributed by atoms with van der Waals surface area (Å²) < 4.78 is 0. The van der Waals surface area contributed by atoms with Crippen LogP contribution in [0.5, 0.6) is 0 Å². The molecule has 0 atom stereocenters. The second kappa shape index (κ2) is 4.69. The topological polar surface area (TPSA) is 15.3 Å². The van der Waals surface area contributed by atoms with E-state index in [-0.39, 0.29) is 0 Å². The Morgan fingerprint density at radius 2 is 1.67 bits per heavy atom. The van der Waals surface area contributed by atoms with Gasteiger partial charge < -0.3 is 10.2 Å². The van der Waals surface area contributed by atoms with Gasteiger partial charge in [-0.1, -0.05) is 25.3 Å². The van der Waals surface area contributed by atoms with Crippen LogP contribution in [0.2, 0.25) is 0 Å². The maximum Gasteiger partial charge on any atom is 0.0686 e. The maximum absolute atomic E-state index is 3.97. The fourth-order valence-electron chi connectivity index (χ4n) is 1.62. The molecule has 1 rings (SSSR count). The Hall–Kier alpha value is -1.70. The second-order valence-corrected chi connectivity index (χ2v) is 3.57. The van der Waals surface area contributed by atoms with E-state index in [9.17, 15) is 0 Å². The van der Waals surface area contributed by atoms with Gasteiger partial charge in [0.1, 0.15) is 0 Å². The van der Waals surface area contributed by atoms with Gasteiger partial charge in [-0.3, -0.25) is 0 Å². The Morgan fingerprint density at radius 1 is 1.13 bits per heavy atom. The highest BCUT2D eigenvalue weighted by atomic mass is 15.2. The van der Waals surface area contributed by atoms with E-state index in [4.69, 9.17) is 0 Å². The molecule has 0 spiro atoms. The number of hydrogen-bond donors (Lipinski definition) is 1. The highest BCUT2D eigenvalue weighted by molar-refractivity contribution is 5.74. The summed E-state index contributed by atoms with van der Waals surface area (Å²) in [5.74, 6) is 0. The molecular weight excluding hydrogens is 184 g/mol. The molecule has 1 aromatic rings. The van der Waals surface area contributed by atoms with E-state index in [0.717, 1.165) is 22.8 Å². The molecule has 0 radical (unpaired) electrons. The predicted octanol–water partition coefficient (Wildman–Crippen LogP) is 3.60. The molecule has 2 nitrogen and oxygen atoms in total. The van der Waals surface area contributed by atoms with Gasteiger partial charge >= 0.3 is 0 Å². The molecule has 2 heteroatoms. The standard InChI is InChI=1S/C13H18N2/c1-10(2)15(11(3)4)13-9-7-6-8-12(13)14-5/h6-9,14H,1,3H2,2,4-5H3. The molecule has 0 unspecified atom stereocenters. The molecule has 0 aliphatic heterocycles. The Morgan fingerprint density at radius 3 is 2.13 bits per heavy atom. The maximum atomic E-state index is 3.97. The van der Waals surface area contributed by atoms with Crippen LogP contribution in [0.25, 0.3) is 0 Å². The van der Waals surface area contributed by atoms with E-state index in [2.05, 4.69) is 24.5 Å². The van der Waals surface area contributed by atoms with Crippen molar-refractivity contribution in [1.82, 2.24) is 0 Å². The van der Waals surface area contributed by atoms with Crippen molar-refractivity contribution in [2.75, 3.05) is 17.3 Å². The van der Waals surface area contributed by atoms with Crippen molar-refractivity contribution in [3.63, 3.8) is 0 Å². The molecule has 0 bridgehead atoms. The lowest BCUT2D eigenvalue weighted by atomic mass is 10.2. The number of rotatable bonds is 4. The van der Waals surface area contributed by atoms with Gasteiger partial charge in [-0.2, -0.15) is 0 Å². The summed E-state index contributed by atoms with van der Waals surface area (Å²) in [6.45, 7) is 11.9. The normalized spacial score (nSPS) is 9.53. The molecule has 0 saturated heterocycles. The predicted molar refractivity (Wildman–Crippen MR) is 68.1 cm³/mol. The lowest BCUT2D eigenvalue weighted by molar-refractivity contribution is 1.08. The third-order valence-corrected chi connectivity index (χ3v) is 2.18. The van der Waals surface area contributed by atoms with Crippen molar-refractivity contribution in [3.8, 4) is 0 Å². The van der Waals surface area contributed by atoms with E-state index in [1.807, 2.05) is 44.0 Å². The summed E-state index contributed by atoms with van der Waals surface area (Å²) >= 11 is 0. The number of hydrogen-bond acceptors (Lipinski definition) is 2. The lowest BCUT2D eigenvalue weighted by Gasteiger charge is -2.27. The summed E-state index contributed by atoms with van der Waals surface area (Å²) in [6, 6.07) is 8.10. The minimum Gasteiger partial charge on any atom is -0.386 e. The number of nitrogens with one attached hydrogen (secondary N) is 1. The van der Waals surface area contributed by atoms with Crippen LogP contribution in [0.1, 0.15) is 13.8 Å². The first-order valence-electron chi connectivity index (χ1n) is 4.96. The molecule has 0 aliphatic rings. The van der Waals surface area contributed by atoms with Crippen molar-refractivity contribution < 1.29 is 0 Å². The van der Waals surface area contributed by atoms with Crippen molar-refractivity contribution >= 4 is 11.4 Å². The lowest BCUT2D eigenvalue weighted by Crippen LogP contribution is -2.18. The Labute approximate surface area is 91.9 Å². The number of nitrogens with zero attached hydrogens (tertiary/aromatic N) is 1. The number of anilines is 2. The molecule has 0 aromatic heterocycles. The zero-order valence-electron chi connectivity index (χ0n) is 9.67. The molecule has 1 aromatic carbocycles. The van der Waals surface area contributed by atoms with E-state index in [1.165, 1.54) is 0 Å². The van der Waals surface area contributed by atoms with Gasteiger partial charge in [0.25, 0.3) is 0 Å². The van der Waals surface area contributed by atoms with Gasteiger partial charge in [0.2, 0.25) is 0 Å². The Balaban J connectivity index is 3.22. The fraction of sp³-hybridized carbons (Fsp3) is 0.231. The van der Waals surface area contributed by atoms with Gasteiger partial charge in [-0.25, -0.2) is 0 Å². The SMILES string of the molecule is C=C(C)N(C(=C)C)c1ccccc1NC. The first-order valence-corrected chi connectivity index (χ1v) is 4.96. The van der Waals surface area contributed by atoms with Crippen LogP contribution in [0.3, 0.4) is 0 Å². The van der Waals surface area contributed by atoms with Gasteiger partial charge in [0.15, 0.2) is 0 Å². The summed E-state index contributed by atoms with van der Waals surface area (Å²) in [5, 5.41) is 3.16. The molecular formula is C13H18N2.